The molecule has 0 aliphatic carbocycles. The summed E-state index contributed by atoms with van der Waals surface area (Å²) in [5.41, 5.74) is 1.71. The van der Waals surface area contributed by atoms with Crippen LogP contribution in [-0.2, 0) is 15.8 Å². The van der Waals surface area contributed by atoms with Crippen LogP contribution in [0, 0.1) is 0 Å². The van der Waals surface area contributed by atoms with Gasteiger partial charge in [0.1, 0.15) is 0 Å². The fourth-order valence-corrected chi connectivity index (χ4v) is 6.56. The Morgan fingerprint density at radius 1 is 1.17 bits per heavy atom. The van der Waals surface area contributed by atoms with Gasteiger partial charge in [0.15, 0.2) is 0 Å². The van der Waals surface area contributed by atoms with Crippen molar-refractivity contribution >= 4 is 66.5 Å². The molecule has 0 radical (unpaired) electrons. The van der Waals surface area contributed by atoms with Crippen molar-refractivity contribution in [1.82, 2.24) is 9.29 Å². The predicted molar refractivity (Wildman–Crippen MR) is 124 cm³/mol. The molecule has 3 aromatic rings. The van der Waals surface area contributed by atoms with Crippen LogP contribution in [0.15, 0.2) is 46.1 Å². The zero-order valence-corrected chi connectivity index (χ0v) is 19.8. The molecule has 0 atom stereocenters. The van der Waals surface area contributed by atoms with Crippen LogP contribution in [0.4, 0.5) is 0 Å². The second kappa shape index (κ2) is 9.41. The maximum atomic E-state index is 12.6. The van der Waals surface area contributed by atoms with E-state index < -0.39 is 10.0 Å². The molecule has 0 aliphatic rings. The van der Waals surface area contributed by atoms with E-state index in [4.69, 9.17) is 23.2 Å². The molecule has 0 saturated carbocycles. The van der Waals surface area contributed by atoms with Gasteiger partial charge in [-0.15, -0.1) is 0 Å². The lowest BCUT2D eigenvalue weighted by atomic mass is 10.2. The Labute approximate surface area is 188 Å². The molecule has 0 amide bonds. The number of hydrogen-bond acceptors (Lipinski definition) is 5. The number of aromatic nitrogens is 1. The SMILES string of the molecule is CC(C)n1c(=O)sc2cc(S(=O)(=O)NCCSCc3ccc(Cl)cc3Cl)ccc21. The maximum Gasteiger partial charge on any atom is 0.308 e. The Morgan fingerprint density at radius 2 is 1.93 bits per heavy atom. The number of sulfonamides is 1. The van der Waals surface area contributed by atoms with Gasteiger partial charge in [-0.25, -0.2) is 13.1 Å². The average Bonchev–Trinajstić information content (AvgIpc) is 2.98. The first kappa shape index (κ1) is 22.7. The number of halogens is 2. The standard InChI is InChI=1S/C19H20Cl2N2O3S3/c1-12(2)23-17-6-5-15(10-18(17)28-19(23)24)29(25,26)22-7-8-27-11-13-3-4-14(20)9-16(13)21/h3-6,9-10,12,22H,7-8,11H2,1-2H3. The summed E-state index contributed by atoms with van der Waals surface area (Å²) < 4.78 is 30.1. The highest BCUT2D eigenvalue weighted by Crippen LogP contribution is 2.25. The van der Waals surface area contributed by atoms with Gasteiger partial charge < -0.3 is 0 Å². The third kappa shape index (κ3) is 5.37. The van der Waals surface area contributed by atoms with Gasteiger partial charge in [0, 0.05) is 34.1 Å². The van der Waals surface area contributed by atoms with Crippen molar-refractivity contribution in [2.75, 3.05) is 12.3 Å². The first-order valence-corrected chi connectivity index (χ1v) is 13.1. The predicted octanol–water partition coefficient (Wildman–Crippen LogP) is 5.16. The van der Waals surface area contributed by atoms with Crippen LogP contribution >= 0.6 is 46.3 Å². The van der Waals surface area contributed by atoms with Crippen molar-refractivity contribution in [3.63, 3.8) is 0 Å². The summed E-state index contributed by atoms with van der Waals surface area (Å²) in [6, 6.07) is 10.1. The third-order valence-corrected chi connectivity index (χ3v) is 8.19. The lowest BCUT2D eigenvalue weighted by Crippen LogP contribution is -2.26. The van der Waals surface area contributed by atoms with Crippen LogP contribution in [0.5, 0.6) is 0 Å². The van der Waals surface area contributed by atoms with Gasteiger partial charge in [-0.3, -0.25) is 9.36 Å². The summed E-state index contributed by atoms with van der Waals surface area (Å²) in [7, 11) is -3.65. The Kier molecular flexibility index (Phi) is 7.35. The van der Waals surface area contributed by atoms with E-state index in [9.17, 15) is 13.2 Å². The zero-order valence-electron chi connectivity index (χ0n) is 15.8. The number of thioether (sulfide) groups is 1. The van der Waals surface area contributed by atoms with Gasteiger partial charge in [0.2, 0.25) is 10.0 Å². The van der Waals surface area contributed by atoms with Crippen molar-refractivity contribution in [3.05, 3.63) is 61.7 Å². The summed E-state index contributed by atoms with van der Waals surface area (Å²) in [4.78, 5) is 12.2. The molecule has 156 valence electrons. The van der Waals surface area contributed by atoms with Gasteiger partial charge in [-0.2, -0.15) is 11.8 Å². The van der Waals surface area contributed by atoms with E-state index in [1.807, 2.05) is 19.9 Å². The summed E-state index contributed by atoms with van der Waals surface area (Å²) >= 11 is 14.7. The Bertz CT molecular complexity index is 1190. The highest BCUT2D eigenvalue weighted by molar-refractivity contribution is 7.98. The van der Waals surface area contributed by atoms with Gasteiger partial charge in [0.25, 0.3) is 0 Å². The van der Waals surface area contributed by atoms with Crippen LogP contribution in [0.1, 0.15) is 25.5 Å². The summed E-state index contributed by atoms with van der Waals surface area (Å²) in [5, 5.41) is 1.19. The van der Waals surface area contributed by atoms with E-state index in [1.54, 1.807) is 40.6 Å². The molecule has 0 unspecified atom stereocenters. The normalized spacial score (nSPS) is 12.2. The van der Waals surface area contributed by atoms with Crippen molar-refractivity contribution in [3.8, 4) is 0 Å². The lowest BCUT2D eigenvalue weighted by molar-refractivity contribution is 0.584. The topological polar surface area (TPSA) is 68.2 Å². The first-order chi connectivity index (χ1) is 13.7. The van der Waals surface area contributed by atoms with Crippen LogP contribution in [0.25, 0.3) is 10.2 Å². The fourth-order valence-electron chi connectivity index (χ4n) is 2.83. The smallest absolute Gasteiger partial charge is 0.296 e. The van der Waals surface area contributed by atoms with E-state index in [2.05, 4.69) is 4.72 Å². The number of fused-ring (bicyclic) bond motifs is 1. The maximum absolute atomic E-state index is 12.6. The monoisotopic (exact) mass is 490 g/mol. The van der Waals surface area contributed by atoms with Gasteiger partial charge in [-0.1, -0.05) is 40.6 Å². The summed E-state index contributed by atoms with van der Waals surface area (Å²) in [5.74, 6) is 1.26. The molecule has 0 spiro atoms. The minimum absolute atomic E-state index is 0.0167. The van der Waals surface area contributed by atoms with Crippen molar-refractivity contribution in [2.45, 2.75) is 30.5 Å². The van der Waals surface area contributed by atoms with Gasteiger partial charge >= 0.3 is 4.87 Å². The van der Waals surface area contributed by atoms with Crippen molar-refractivity contribution in [1.29, 1.82) is 0 Å². The minimum Gasteiger partial charge on any atom is -0.296 e. The molecule has 5 nitrogen and oxygen atoms in total. The molecule has 0 bridgehead atoms. The number of rotatable bonds is 8. The molecular formula is C19H20Cl2N2O3S3. The number of thiazole rings is 1. The fraction of sp³-hybridized carbons (Fsp3) is 0.316. The third-order valence-electron chi connectivity index (χ3n) is 4.22. The van der Waals surface area contributed by atoms with Crippen molar-refractivity contribution < 1.29 is 8.42 Å². The largest absolute Gasteiger partial charge is 0.308 e. The Morgan fingerprint density at radius 3 is 2.62 bits per heavy atom. The average molecular weight is 491 g/mol. The number of nitrogens with zero attached hydrogens (tertiary/aromatic N) is 1. The quantitative estimate of drug-likeness (QED) is 0.442. The Hall–Kier alpha value is -1.03. The molecule has 2 aromatic carbocycles. The first-order valence-electron chi connectivity index (χ1n) is 8.85. The van der Waals surface area contributed by atoms with Gasteiger partial charge in [-0.05, 0) is 49.7 Å². The molecule has 0 saturated heterocycles. The minimum atomic E-state index is -3.65. The zero-order chi connectivity index (χ0) is 21.2. The molecule has 0 aliphatic heterocycles. The van der Waals surface area contributed by atoms with Gasteiger partial charge in [0.05, 0.1) is 15.1 Å². The molecular weight excluding hydrogens is 471 g/mol. The highest BCUT2D eigenvalue weighted by atomic mass is 35.5. The summed E-state index contributed by atoms with van der Waals surface area (Å²) in [6.07, 6.45) is 0. The molecule has 29 heavy (non-hydrogen) atoms. The number of hydrogen-bond donors (Lipinski definition) is 1. The second-order valence-electron chi connectivity index (χ2n) is 6.65. The molecule has 3 rings (SSSR count). The Balaban J connectivity index is 1.61. The van der Waals surface area contributed by atoms with Crippen LogP contribution in [0.3, 0.4) is 0 Å². The molecule has 1 N–H and O–H groups in total. The van der Waals surface area contributed by atoms with Crippen LogP contribution in [-0.4, -0.2) is 25.3 Å². The van der Waals surface area contributed by atoms with E-state index in [0.717, 1.165) is 22.4 Å². The molecule has 1 heterocycles. The lowest BCUT2D eigenvalue weighted by Gasteiger charge is -2.09. The number of nitrogens with one attached hydrogen (secondary N) is 1. The second-order valence-corrected chi connectivity index (χ2v) is 11.4. The van der Waals surface area contributed by atoms with Crippen molar-refractivity contribution in [2.24, 2.45) is 0 Å². The van der Waals surface area contributed by atoms with E-state index in [1.165, 1.54) is 6.07 Å². The van der Waals surface area contributed by atoms with Crippen LogP contribution in [0.2, 0.25) is 10.0 Å². The molecule has 0 fully saturated rings. The molecule has 10 heteroatoms. The van der Waals surface area contributed by atoms with E-state index in [-0.39, 0.29) is 15.8 Å². The van der Waals surface area contributed by atoms with E-state index >= 15 is 0 Å². The van der Waals surface area contributed by atoms with E-state index in [0.29, 0.717) is 32.8 Å². The summed E-state index contributed by atoms with van der Waals surface area (Å²) in [6.45, 7) is 4.14. The van der Waals surface area contributed by atoms with Crippen LogP contribution < -0.4 is 9.60 Å². The highest BCUT2D eigenvalue weighted by Gasteiger charge is 2.17. The number of benzene rings is 2. The molecule has 1 aromatic heterocycles.